The number of benzene rings is 2. The Kier molecular flexibility index (Phi) is 7.71. The van der Waals surface area contributed by atoms with E-state index in [0.717, 1.165) is 25.5 Å². The fourth-order valence-electron chi connectivity index (χ4n) is 5.35. The fraction of sp³-hybridized carbons (Fsp3) is 0.519. The maximum Gasteiger partial charge on any atom is 0.120 e. The molecule has 0 unspecified atom stereocenters. The minimum absolute atomic E-state index is 0.279. The Balaban J connectivity index is 1.33. The van der Waals surface area contributed by atoms with Gasteiger partial charge in [-0.3, -0.25) is 0 Å². The van der Waals surface area contributed by atoms with Gasteiger partial charge in [-0.25, -0.2) is 0 Å². The zero-order chi connectivity index (χ0) is 20.6. The van der Waals surface area contributed by atoms with Crippen LogP contribution >= 0.6 is 0 Å². The summed E-state index contributed by atoms with van der Waals surface area (Å²) < 4.78 is 6.44. The summed E-state index contributed by atoms with van der Waals surface area (Å²) in [6.07, 6.45) is 10.3. The summed E-state index contributed by atoms with van der Waals surface area (Å²) in [6.45, 7) is 3.11. The third kappa shape index (κ3) is 5.59. The van der Waals surface area contributed by atoms with Crippen LogP contribution in [-0.4, -0.2) is 36.4 Å². The lowest BCUT2D eigenvalue weighted by molar-refractivity contribution is -0.108. The lowest BCUT2D eigenvalue weighted by atomic mass is 9.93. The first-order chi connectivity index (χ1) is 14.8. The predicted octanol–water partition coefficient (Wildman–Crippen LogP) is 5.41. The minimum atomic E-state index is 0.279. The first kappa shape index (κ1) is 21.3. The van der Waals surface area contributed by atoms with Gasteiger partial charge in [-0.05, 0) is 68.3 Å². The van der Waals surface area contributed by atoms with E-state index in [9.17, 15) is 4.79 Å². The van der Waals surface area contributed by atoms with Crippen LogP contribution in [0.5, 0.6) is 0 Å². The van der Waals surface area contributed by atoms with Crippen LogP contribution < -0.4 is 0 Å². The highest BCUT2D eigenvalue weighted by Crippen LogP contribution is 2.37. The second-order valence-corrected chi connectivity index (χ2v) is 8.98. The summed E-state index contributed by atoms with van der Waals surface area (Å²) >= 11 is 0. The average molecular weight is 406 g/mol. The molecule has 3 nitrogen and oxygen atoms in total. The Morgan fingerprint density at radius 1 is 0.867 bits per heavy atom. The molecule has 0 spiro atoms. The number of rotatable bonds is 9. The highest BCUT2D eigenvalue weighted by molar-refractivity contribution is 5.49. The number of piperidine rings is 1. The molecule has 2 aromatic carbocycles. The first-order valence-electron chi connectivity index (χ1n) is 11.7. The monoisotopic (exact) mass is 405 g/mol. The zero-order valence-corrected chi connectivity index (χ0v) is 18.0. The van der Waals surface area contributed by atoms with E-state index >= 15 is 0 Å². The molecule has 2 aliphatic rings. The minimum Gasteiger partial charge on any atom is -0.373 e. The summed E-state index contributed by atoms with van der Waals surface area (Å²) in [5.74, 6) is 0.491. The highest BCUT2D eigenvalue weighted by atomic mass is 16.5. The molecule has 2 aromatic rings. The number of hydrogen-bond donors (Lipinski definition) is 0. The summed E-state index contributed by atoms with van der Waals surface area (Å²) in [7, 11) is 0. The molecule has 3 heteroatoms. The van der Waals surface area contributed by atoms with Gasteiger partial charge in [0.15, 0.2) is 0 Å². The van der Waals surface area contributed by atoms with Gasteiger partial charge in [-0.15, -0.1) is 0 Å². The molecule has 30 heavy (non-hydrogen) atoms. The fourth-order valence-corrected chi connectivity index (χ4v) is 5.35. The molecule has 0 radical (unpaired) electrons. The Hall–Kier alpha value is -1.97. The van der Waals surface area contributed by atoms with Crippen LogP contribution in [-0.2, 0) is 22.6 Å². The van der Waals surface area contributed by atoms with Gasteiger partial charge < -0.3 is 14.4 Å². The van der Waals surface area contributed by atoms with E-state index < -0.39 is 0 Å². The molecule has 160 valence electrons. The molecule has 1 aliphatic carbocycles. The molecule has 2 fully saturated rings. The van der Waals surface area contributed by atoms with Crippen molar-refractivity contribution in [3.05, 3.63) is 71.3 Å². The average Bonchev–Trinajstić information content (AvgIpc) is 3.21. The van der Waals surface area contributed by atoms with Crippen molar-refractivity contribution < 1.29 is 9.53 Å². The largest absolute Gasteiger partial charge is 0.373 e. The van der Waals surface area contributed by atoms with Crippen molar-refractivity contribution in [3.8, 4) is 0 Å². The molecular weight excluding hydrogens is 370 g/mol. The van der Waals surface area contributed by atoms with Crippen molar-refractivity contribution in [2.24, 2.45) is 5.92 Å². The molecule has 0 bridgehead atoms. The second kappa shape index (κ2) is 10.9. The Labute approximate surface area is 181 Å². The standard InChI is InChI=1S/C27H35NO2/c29-19-7-10-25-26(28-17-5-2-6-18-28)15-16-27(25)30-21-24-13-11-23(12-14-24)20-22-8-3-1-4-9-22/h1,3-4,8-9,11-14,19,25-27H,2,5-7,10,15-18,20-21H2/t25-,26+,27+/m0/s1. The van der Waals surface area contributed by atoms with Crippen LogP contribution in [0.25, 0.3) is 0 Å². The highest BCUT2D eigenvalue weighted by Gasteiger charge is 2.39. The number of hydrogen-bond acceptors (Lipinski definition) is 3. The van der Waals surface area contributed by atoms with Crippen LogP contribution in [0.1, 0.15) is 61.6 Å². The summed E-state index contributed by atoms with van der Waals surface area (Å²) in [4.78, 5) is 13.7. The van der Waals surface area contributed by atoms with Crippen LogP contribution in [0, 0.1) is 5.92 Å². The van der Waals surface area contributed by atoms with Gasteiger partial charge in [-0.2, -0.15) is 0 Å². The molecule has 4 rings (SSSR count). The van der Waals surface area contributed by atoms with Gasteiger partial charge >= 0.3 is 0 Å². The molecule has 1 heterocycles. The lowest BCUT2D eigenvalue weighted by Crippen LogP contribution is -2.43. The third-order valence-electron chi connectivity index (χ3n) is 6.93. The van der Waals surface area contributed by atoms with Crippen LogP contribution in [0.2, 0.25) is 0 Å². The van der Waals surface area contributed by atoms with E-state index in [4.69, 9.17) is 4.74 Å². The van der Waals surface area contributed by atoms with Gasteiger partial charge in [0.1, 0.15) is 6.29 Å². The number of nitrogens with zero attached hydrogens (tertiary/aromatic N) is 1. The summed E-state index contributed by atoms with van der Waals surface area (Å²) in [5, 5.41) is 0. The Morgan fingerprint density at radius 2 is 1.57 bits per heavy atom. The molecular formula is C27H35NO2. The normalized spacial score (nSPS) is 24.7. The summed E-state index contributed by atoms with van der Waals surface area (Å²) in [6, 6.07) is 20.1. The predicted molar refractivity (Wildman–Crippen MR) is 122 cm³/mol. The SMILES string of the molecule is O=CCC[C@H]1[C@H](N2CCCCC2)CC[C@H]1OCc1ccc(Cc2ccccc2)cc1. The van der Waals surface area contributed by atoms with Crippen LogP contribution in [0.15, 0.2) is 54.6 Å². The van der Waals surface area contributed by atoms with Crippen molar-refractivity contribution in [2.75, 3.05) is 13.1 Å². The van der Waals surface area contributed by atoms with E-state index in [1.165, 1.54) is 55.5 Å². The van der Waals surface area contributed by atoms with Crippen molar-refractivity contribution >= 4 is 6.29 Å². The van der Waals surface area contributed by atoms with E-state index in [2.05, 4.69) is 59.5 Å². The molecule has 0 aromatic heterocycles. The first-order valence-corrected chi connectivity index (χ1v) is 11.7. The molecule has 0 amide bonds. The molecule has 3 atom stereocenters. The Bertz CT molecular complexity index is 767. The number of aldehydes is 1. The molecule has 1 saturated heterocycles. The van der Waals surface area contributed by atoms with E-state index in [-0.39, 0.29) is 6.10 Å². The zero-order valence-electron chi connectivity index (χ0n) is 18.0. The maximum absolute atomic E-state index is 11.0. The van der Waals surface area contributed by atoms with E-state index in [1.807, 2.05) is 0 Å². The smallest absolute Gasteiger partial charge is 0.120 e. The number of likely N-dealkylation sites (tertiary alicyclic amines) is 1. The van der Waals surface area contributed by atoms with Gasteiger partial charge in [0.05, 0.1) is 12.7 Å². The van der Waals surface area contributed by atoms with E-state index in [1.54, 1.807) is 0 Å². The van der Waals surface area contributed by atoms with Gasteiger partial charge in [-0.1, -0.05) is 61.0 Å². The molecule has 1 saturated carbocycles. The van der Waals surface area contributed by atoms with E-state index in [0.29, 0.717) is 25.0 Å². The third-order valence-corrected chi connectivity index (χ3v) is 6.93. The number of ether oxygens (including phenoxy) is 1. The molecule has 0 N–H and O–H groups in total. The number of carbonyl (C=O) groups is 1. The van der Waals surface area contributed by atoms with Gasteiger partial charge in [0, 0.05) is 18.4 Å². The Morgan fingerprint density at radius 3 is 2.30 bits per heavy atom. The van der Waals surface area contributed by atoms with Crippen molar-refractivity contribution in [3.63, 3.8) is 0 Å². The van der Waals surface area contributed by atoms with Crippen molar-refractivity contribution in [1.29, 1.82) is 0 Å². The second-order valence-electron chi connectivity index (χ2n) is 8.98. The maximum atomic E-state index is 11.0. The van der Waals surface area contributed by atoms with Crippen LogP contribution in [0.4, 0.5) is 0 Å². The molecule has 1 aliphatic heterocycles. The van der Waals surface area contributed by atoms with Crippen molar-refractivity contribution in [1.82, 2.24) is 4.90 Å². The van der Waals surface area contributed by atoms with Gasteiger partial charge in [0.25, 0.3) is 0 Å². The topological polar surface area (TPSA) is 29.5 Å². The van der Waals surface area contributed by atoms with Gasteiger partial charge in [0.2, 0.25) is 0 Å². The van der Waals surface area contributed by atoms with Crippen molar-refractivity contribution in [2.45, 2.75) is 70.1 Å². The quantitative estimate of drug-likeness (QED) is 0.523. The lowest BCUT2D eigenvalue weighted by Gasteiger charge is -2.36. The summed E-state index contributed by atoms with van der Waals surface area (Å²) in [5.41, 5.74) is 3.91. The number of carbonyl (C=O) groups excluding carboxylic acids is 1. The van der Waals surface area contributed by atoms with Crippen LogP contribution in [0.3, 0.4) is 0 Å².